The van der Waals surface area contributed by atoms with Gasteiger partial charge in [0.25, 0.3) is 5.91 Å². The Morgan fingerprint density at radius 2 is 1.76 bits per heavy atom. The van der Waals surface area contributed by atoms with E-state index in [1.165, 1.54) is 12.8 Å². The Hall–Kier alpha value is -2.83. The minimum atomic E-state index is -0.650. The number of Topliss-reactive ketones (excluding diaryl/α,β-unsaturated/α-hetero) is 1. The van der Waals surface area contributed by atoms with Crippen molar-refractivity contribution in [1.29, 1.82) is 0 Å². The largest absolute Gasteiger partial charge is 0.352 e. The number of ketones is 1. The molecule has 1 amide bonds. The fourth-order valence-corrected chi connectivity index (χ4v) is 4.39. The first kappa shape index (κ1) is 23.3. The van der Waals surface area contributed by atoms with Crippen molar-refractivity contribution in [2.45, 2.75) is 58.0 Å². The van der Waals surface area contributed by atoms with Crippen LogP contribution < -0.4 is 4.90 Å². The van der Waals surface area contributed by atoms with Gasteiger partial charge in [-0.1, -0.05) is 37.5 Å². The van der Waals surface area contributed by atoms with Gasteiger partial charge in [-0.3, -0.25) is 9.59 Å². The number of benzene rings is 1. The molecule has 4 rings (SSSR count). The summed E-state index contributed by atoms with van der Waals surface area (Å²) in [4.78, 5) is 29.5. The normalized spacial score (nSPS) is 16.7. The highest BCUT2D eigenvalue weighted by atomic mass is 19.1. The molecule has 2 aromatic rings. The molecule has 0 bridgehead atoms. The van der Waals surface area contributed by atoms with Crippen molar-refractivity contribution < 1.29 is 14.0 Å². The van der Waals surface area contributed by atoms with Gasteiger partial charge < -0.3 is 9.80 Å². The third-order valence-electron chi connectivity index (χ3n) is 6.98. The molecule has 0 unspecified atom stereocenters. The van der Waals surface area contributed by atoms with E-state index in [4.69, 9.17) is 0 Å². The van der Waals surface area contributed by atoms with Crippen molar-refractivity contribution in [3.63, 3.8) is 0 Å². The number of carbonyl (C=O) groups excluding carboxylic acids is 2. The van der Waals surface area contributed by atoms with Crippen molar-refractivity contribution in [2.75, 3.05) is 31.1 Å². The van der Waals surface area contributed by atoms with E-state index in [2.05, 4.69) is 15.1 Å². The van der Waals surface area contributed by atoms with Gasteiger partial charge in [-0.05, 0) is 49.9 Å². The molecule has 1 aromatic heterocycles. The van der Waals surface area contributed by atoms with Crippen molar-refractivity contribution in [2.24, 2.45) is 5.92 Å². The van der Waals surface area contributed by atoms with Crippen LogP contribution in [0.5, 0.6) is 0 Å². The molecule has 1 aliphatic heterocycles. The fourth-order valence-electron chi connectivity index (χ4n) is 4.39. The van der Waals surface area contributed by atoms with E-state index in [1.807, 2.05) is 26.0 Å². The van der Waals surface area contributed by atoms with Gasteiger partial charge in [0.05, 0.1) is 11.1 Å². The molecule has 2 fully saturated rings. The number of alkyl halides is 1. The van der Waals surface area contributed by atoms with Gasteiger partial charge in [-0.25, -0.2) is 4.39 Å². The highest BCUT2D eigenvalue weighted by molar-refractivity contribution is 5.95. The number of nitrogens with zero attached hydrogens (tertiary/aromatic N) is 4. The van der Waals surface area contributed by atoms with Crippen molar-refractivity contribution in [1.82, 2.24) is 15.1 Å². The number of rotatable bonds is 9. The highest BCUT2D eigenvalue weighted by Gasteiger charge is 2.32. The van der Waals surface area contributed by atoms with Crippen LogP contribution in [0.4, 0.5) is 10.2 Å². The van der Waals surface area contributed by atoms with E-state index in [0.29, 0.717) is 49.4 Å². The van der Waals surface area contributed by atoms with Crippen LogP contribution in [-0.2, 0) is 16.9 Å². The van der Waals surface area contributed by atoms with E-state index in [0.717, 1.165) is 24.6 Å². The lowest BCUT2D eigenvalue weighted by atomic mass is 9.82. The SMILES string of the molecule is CC(C)(C(=O)CCCC1CC1)c1ccc(N2CCN(C(=O)c3ccccc3CF)CC2)nn1. The molecule has 2 heterocycles. The summed E-state index contributed by atoms with van der Waals surface area (Å²) in [5.74, 6) is 1.67. The maximum Gasteiger partial charge on any atom is 0.254 e. The van der Waals surface area contributed by atoms with Crippen LogP contribution in [0.3, 0.4) is 0 Å². The van der Waals surface area contributed by atoms with Crippen LogP contribution in [0.25, 0.3) is 0 Å². The molecule has 33 heavy (non-hydrogen) atoms. The van der Waals surface area contributed by atoms with Crippen LogP contribution in [0.1, 0.15) is 67.6 Å². The average Bonchev–Trinajstić information content (AvgIpc) is 3.68. The van der Waals surface area contributed by atoms with E-state index in [9.17, 15) is 14.0 Å². The van der Waals surface area contributed by atoms with Crippen molar-refractivity contribution in [3.05, 3.63) is 53.2 Å². The summed E-state index contributed by atoms with van der Waals surface area (Å²) in [7, 11) is 0. The molecule has 0 atom stereocenters. The van der Waals surface area contributed by atoms with Gasteiger partial charge in [0.2, 0.25) is 0 Å². The zero-order chi connectivity index (χ0) is 23.4. The Morgan fingerprint density at radius 3 is 2.39 bits per heavy atom. The van der Waals surface area contributed by atoms with Gasteiger partial charge in [-0.2, -0.15) is 5.10 Å². The molecule has 0 radical (unpaired) electrons. The lowest BCUT2D eigenvalue weighted by molar-refractivity contribution is -0.123. The first-order valence-electron chi connectivity index (χ1n) is 12.0. The summed E-state index contributed by atoms with van der Waals surface area (Å²) in [6.45, 7) is 5.53. The third-order valence-corrected chi connectivity index (χ3v) is 6.98. The Morgan fingerprint density at radius 1 is 1.03 bits per heavy atom. The Labute approximate surface area is 195 Å². The van der Waals surface area contributed by atoms with E-state index < -0.39 is 12.1 Å². The molecule has 1 saturated carbocycles. The topological polar surface area (TPSA) is 66.4 Å². The molecule has 1 aliphatic carbocycles. The first-order chi connectivity index (χ1) is 15.9. The Kier molecular flexibility index (Phi) is 7.05. The molecule has 0 spiro atoms. The second-order valence-corrected chi connectivity index (χ2v) is 9.73. The number of hydrogen-bond donors (Lipinski definition) is 0. The maximum atomic E-state index is 13.2. The molecule has 6 nitrogen and oxygen atoms in total. The smallest absolute Gasteiger partial charge is 0.254 e. The third kappa shape index (κ3) is 5.40. The molecule has 0 N–H and O–H groups in total. The van der Waals surface area contributed by atoms with Crippen LogP contribution >= 0.6 is 0 Å². The lowest BCUT2D eigenvalue weighted by Gasteiger charge is -2.35. The summed E-state index contributed by atoms with van der Waals surface area (Å²) in [5, 5.41) is 8.79. The molecule has 1 saturated heterocycles. The number of carbonyl (C=O) groups is 2. The monoisotopic (exact) mass is 452 g/mol. The van der Waals surface area contributed by atoms with E-state index in [-0.39, 0.29) is 11.7 Å². The van der Waals surface area contributed by atoms with Gasteiger partial charge in [-0.15, -0.1) is 5.10 Å². The standard InChI is InChI=1S/C26H33FN4O2/c1-26(2,23(32)9-5-6-19-10-11-19)22-12-13-24(29-28-22)30-14-16-31(17-15-30)25(33)21-8-4-3-7-20(21)18-27/h3-4,7-8,12-13,19H,5-6,9-11,14-18H2,1-2H3. The quantitative estimate of drug-likeness (QED) is 0.566. The summed E-state index contributed by atoms with van der Waals surface area (Å²) >= 11 is 0. The second-order valence-electron chi connectivity index (χ2n) is 9.73. The number of aromatic nitrogens is 2. The number of hydrogen-bond acceptors (Lipinski definition) is 5. The summed E-state index contributed by atoms with van der Waals surface area (Å²) < 4.78 is 13.2. The van der Waals surface area contributed by atoms with Crippen LogP contribution in [0.2, 0.25) is 0 Å². The predicted octanol–water partition coefficient (Wildman–Crippen LogP) is 4.34. The maximum absolute atomic E-state index is 13.2. The number of piperazine rings is 1. The summed E-state index contributed by atoms with van der Waals surface area (Å²) in [6.07, 6.45) is 5.34. The minimum absolute atomic E-state index is 0.133. The van der Waals surface area contributed by atoms with Crippen LogP contribution in [0.15, 0.2) is 36.4 Å². The van der Waals surface area contributed by atoms with Gasteiger partial charge in [0, 0.05) is 38.2 Å². The second kappa shape index (κ2) is 9.98. The Bertz CT molecular complexity index is 980. The molecule has 2 aliphatic rings. The van der Waals surface area contributed by atoms with Crippen molar-refractivity contribution >= 4 is 17.5 Å². The molecular formula is C26H33FN4O2. The number of halogens is 1. The first-order valence-corrected chi connectivity index (χ1v) is 12.0. The van der Waals surface area contributed by atoms with Gasteiger partial charge in [0.1, 0.15) is 12.5 Å². The molecule has 7 heteroatoms. The summed E-state index contributed by atoms with van der Waals surface area (Å²) in [6, 6.07) is 10.7. The zero-order valence-electron chi connectivity index (χ0n) is 19.6. The van der Waals surface area contributed by atoms with E-state index >= 15 is 0 Å². The van der Waals surface area contributed by atoms with Crippen LogP contribution in [-0.4, -0.2) is 53.0 Å². The zero-order valence-corrected chi connectivity index (χ0v) is 19.6. The van der Waals surface area contributed by atoms with Gasteiger partial charge >= 0.3 is 0 Å². The average molecular weight is 453 g/mol. The Balaban J connectivity index is 1.33. The van der Waals surface area contributed by atoms with Crippen LogP contribution in [0, 0.1) is 5.92 Å². The molecular weight excluding hydrogens is 419 g/mol. The molecule has 1 aromatic carbocycles. The van der Waals surface area contributed by atoms with Crippen molar-refractivity contribution in [3.8, 4) is 0 Å². The number of amides is 1. The number of anilines is 1. The van der Waals surface area contributed by atoms with Gasteiger partial charge in [0.15, 0.2) is 5.82 Å². The highest BCUT2D eigenvalue weighted by Crippen LogP contribution is 2.34. The summed E-state index contributed by atoms with van der Waals surface area (Å²) in [5.41, 5.74) is 0.904. The fraction of sp³-hybridized carbons (Fsp3) is 0.538. The minimum Gasteiger partial charge on any atom is -0.352 e. The van der Waals surface area contributed by atoms with E-state index in [1.54, 1.807) is 29.2 Å². The lowest BCUT2D eigenvalue weighted by Crippen LogP contribution is -2.49. The molecule has 176 valence electrons. The predicted molar refractivity (Wildman–Crippen MR) is 126 cm³/mol.